The van der Waals surface area contributed by atoms with Crippen LogP contribution in [0.1, 0.15) is 64.4 Å². The lowest BCUT2D eigenvalue weighted by Crippen LogP contribution is -2.16. The molecule has 0 aliphatic carbocycles. The number of unbranched alkanes of at least 4 members (excludes halogenated alkanes) is 1. The second kappa shape index (κ2) is 11.0. The van der Waals surface area contributed by atoms with Crippen molar-refractivity contribution >= 4 is 11.5 Å². The van der Waals surface area contributed by atoms with Crippen molar-refractivity contribution in [3.8, 4) is 6.07 Å². The van der Waals surface area contributed by atoms with Crippen molar-refractivity contribution in [2.24, 2.45) is 5.92 Å². The summed E-state index contributed by atoms with van der Waals surface area (Å²) < 4.78 is 86.7. The number of rotatable bonds is 9. The van der Waals surface area contributed by atoms with Gasteiger partial charge in [0.25, 0.3) is 0 Å². The van der Waals surface area contributed by atoms with Crippen LogP contribution in [0.5, 0.6) is 0 Å². The summed E-state index contributed by atoms with van der Waals surface area (Å²) in [6.45, 7) is 3.89. The molecule has 2 rings (SSSR count). The number of benzene rings is 2. The minimum atomic E-state index is -1.19. The molecule has 0 N–H and O–H groups in total. The van der Waals surface area contributed by atoms with Gasteiger partial charge in [-0.3, -0.25) is 0 Å². The third kappa shape index (κ3) is 5.82. The average molecular weight is 372 g/mol. The van der Waals surface area contributed by atoms with Gasteiger partial charge in [-0.25, -0.2) is 4.79 Å². The summed E-state index contributed by atoms with van der Waals surface area (Å²) in [4.78, 5) is 13.2. The standard InChI is InChI=1S/C24H27NO2/c1-3-5-12-19(4-2)18-27-24(26)22(17-25)23(20-13-8-6-9-14-20)21-15-10-7-11-16-21/h6-11,13-16,19H,3-5,12,18H2,1-2H3/i6D,7D,8D,9D,10D,11D,13D,14D,15D,16D. The highest BCUT2D eigenvalue weighted by atomic mass is 16.5. The quantitative estimate of drug-likeness (QED) is 0.319. The van der Waals surface area contributed by atoms with E-state index in [4.69, 9.17) is 18.4 Å². The van der Waals surface area contributed by atoms with Crippen molar-refractivity contribution < 1.29 is 23.2 Å². The van der Waals surface area contributed by atoms with Gasteiger partial charge in [0.2, 0.25) is 0 Å². The first-order valence-corrected chi connectivity index (χ1v) is 8.81. The molecule has 0 radical (unpaired) electrons. The smallest absolute Gasteiger partial charge is 0.349 e. The van der Waals surface area contributed by atoms with Crippen molar-refractivity contribution in [1.29, 1.82) is 5.26 Å². The van der Waals surface area contributed by atoms with E-state index < -0.39 is 88.7 Å². The van der Waals surface area contributed by atoms with Crippen LogP contribution in [0, 0.1) is 17.2 Å². The zero-order valence-corrected chi connectivity index (χ0v) is 15.4. The lowest BCUT2D eigenvalue weighted by atomic mass is 9.93. The van der Waals surface area contributed by atoms with Crippen LogP contribution in [0.3, 0.4) is 0 Å². The number of esters is 1. The van der Waals surface area contributed by atoms with Gasteiger partial charge in [-0.2, -0.15) is 5.26 Å². The molecule has 0 amide bonds. The third-order valence-corrected chi connectivity index (χ3v) is 4.06. The van der Waals surface area contributed by atoms with Crippen LogP contribution < -0.4 is 0 Å². The first kappa shape index (κ1) is 10.5. The van der Waals surface area contributed by atoms with Crippen molar-refractivity contribution in [3.63, 3.8) is 0 Å². The van der Waals surface area contributed by atoms with Crippen LogP contribution in [0.25, 0.3) is 5.57 Å². The fraction of sp³-hybridized carbons (Fsp3) is 0.333. The molecule has 0 saturated carbocycles. The third-order valence-electron chi connectivity index (χ3n) is 4.06. The Labute approximate surface area is 176 Å². The Morgan fingerprint density at radius 2 is 1.63 bits per heavy atom. The first-order chi connectivity index (χ1) is 17.3. The number of carbonyl (C=O) groups excluding carboxylic acids is 1. The Bertz CT molecular complexity index is 1170. The van der Waals surface area contributed by atoms with Crippen LogP contribution in [0.2, 0.25) is 0 Å². The fourth-order valence-electron chi connectivity index (χ4n) is 2.49. The number of nitrogens with zero attached hydrogens (tertiary/aromatic N) is 1. The monoisotopic (exact) mass is 371 g/mol. The Morgan fingerprint density at radius 3 is 2.07 bits per heavy atom. The molecule has 2 aromatic rings. The molecule has 0 aliphatic rings. The number of carbonyl (C=O) groups is 1. The maximum atomic E-state index is 13.2. The number of hydrogen-bond donors (Lipinski definition) is 0. The van der Waals surface area contributed by atoms with Crippen molar-refractivity contribution in [3.05, 3.63) is 77.1 Å². The zero-order chi connectivity index (χ0) is 28.2. The van der Waals surface area contributed by atoms with E-state index in [9.17, 15) is 10.1 Å². The number of ether oxygens (including phenoxy) is 1. The van der Waals surface area contributed by atoms with E-state index in [0.717, 1.165) is 19.3 Å². The van der Waals surface area contributed by atoms with E-state index >= 15 is 0 Å². The van der Waals surface area contributed by atoms with Gasteiger partial charge in [0.1, 0.15) is 11.6 Å². The van der Waals surface area contributed by atoms with Gasteiger partial charge in [0, 0.05) is 5.57 Å². The maximum absolute atomic E-state index is 13.2. The van der Waals surface area contributed by atoms with E-state index in [1.807, 2.05) is 13.8 Å². The Balaban J connectivity index is 2.95. The first-order valence-electron chi connectivity index (χ1n) is 13.8. The van der Waals surface area contributed by atoms with Crippen LogP contribution in [-0.4, -0.2) is 12.6 Å². The summed E-state index contributed by atoms with van der Waals surface area (Å²) in [6, 6.07) is -6.17. The second-order valence-corrected chi connectivity index (χ2v) is 5.88. The molecule has 0 aromatic heterocycles. The van der Waals surface area contributed by atoms with E-state index in [-0.39, 0.29) is 12.5 Å². The summed E-state index contributed by atoms with van der Waals surface area (Å²) in [5.41, 5.74) is -2.79. The minimum absolute atomic E-state index is 0.00573. The van der Waals surface area contributed by atoms with Gasteiger partial charge in [-0.05, 0) is 23.5 Å². The highest BCUT2D eigenvalue weighted by molar-refractivity contribution is 6.05. The highest BCUT2D eigenvalue weighted by Gasteiger charge is 2.21. The molecule has 140 valence electrons. The van der Waals surface area contributed by atoms with Crippen molar-refractivity contribution in [2.75, 3.05) is 6.61 Å². The topological polar surface area (TPSA) is 50.1 Å². The summed E-state index contributed by atoms with van der Waals surface area (Å²) in [7, 11) is 0. The van der Waals surface area contributed by atoms with Gasteiger partial charge in [0.15, 0.2) is 0 Å². The van der Waals surface area contributed by atoms with E-state index in [1.54, 1.807) is 6.07 Å². The van der Waals surface area contributed by atoms with Crippen LogP contribution >= 0.6 is 0 Å². The lowest BCUT2D eigenvalue weighted by Gasteiger charge is -2.16. The molecule has 0 fully saturated rings. The molecule has 0 heterocycles. The molecule has 0 spiro atoms. The van der Waals surface area contributed by atoms with Crippen LogP contribution in [0.4, 0.5) is 0 Å². The molecular weight excluding hydrogens is 334 g/mol. The number of nitriles is 1. The van der Waals surface area contributed by atoms with Crippen LogP contribution in [0.15, 0.2) is 66.0 Å². The molecule has 1 unspecified atom stereocenters. The summed E-state index contributed by atoms with van der Waals surface area (Å²) in [5, 5.41) is 9.99. The molecule has 0 saturated heterocycles. The van der Waals surface area contributed by atoms with Gasteiger partial charge >= 0.3 is 5.97 Å². The SMILES string of the molecule is [2H]c1c([2H])c([2H])c(C(=C(C#N)C(=O)OCC(CC)CCCC)c2c([2H])c([2H])c([2H])c([2H])c2[2H])c([2H])c1[2H]. The molecule has 2 aromatic carbocycles. The molecule has 27 heavy (non-hydrogen) atoms. The minimum Gasteiger partial charge on any atom is -0.461 e. The lowest BCUT2D eigenvalue weighted by molar-refractivity contribution is -0.139. The van der Waals surface area contributed by atoms with Gasteiger partial charge in [-0.1, -0.05) is 93.5 Å². The normalized spacial score (nSPS) is 16.5. The molecule has 1 atom stereocenters. The zero-order valence-electron chi connectivity index (χ0n) is 25.4. The van der Waals surface area contributed by atoms with Crippen molar-refractivity contribution in [1.82, 2.24) is 0 Å². The Kier molecular flexibility index (Phi) is 4.26. The van der Waals surface area contributed by atoms with E-state index in [2.05, 4.69) is 0 Å². The van der Waals surface area contributed by atoms with Gasteiger partial charge in [-0.15, -0.1) is 0 Å². The fourth-order valence-corrected chi connectivity index (χ4v) is 2.49. The van der Waals surface area contributed by atoms with Crippen molar-refractivity contribution in [2.45, 2.75) is 39.5 Å². The molecule has 3 heteroatoms. The Hall–Kier alpha value is -2.86. The molecule has 3 nitrogen and oxygen atoms in total. The van der Waals surface area contributed by atoms with Crippen LogP contribution in [-0.2, 0) is 9.53 Å². The summed E-state index contributed by atoms with van der Waals surface area (Å²) in [6.07, 6.45) is 3.29. The second-order valence-electron chi connectivity index (χ2n) is 5.88. The predicted molar refractivity (Wildman–Crippen MR) is 109 cm³/mol. The van der Waals surface area contributed by atoms with E-state index in [0.29, 0.717) is 6.42 Å². The molecular formula is C24H27NO2. The summed E-state index contributed by atoms with van der Waals surface area (Å²) >= 11 is 0. The average Bonchev–Trinajstić information content (AvgIpc) is 2.88. The molecule has 0 bridgehead atoms. The summed E-state index contributed by atoms with van der Waals surface area (Å²) in [5.74, 6) is -1.19. The van der Waals surface area contributed by atoms with E-state index in [1.165, 1.54) is 0 Å². The largest absolute Gasteiger partial charge is 0.461 e. The van der Waals surface area contributed by atoms with Gasteiger partial charge in [0.05, 0.1) is 20.3 Å². The predicted octanol–water partition coefficient (Wildman–Crippen LogP) is 5.77. The van der Waals surface area contributed by atoms with Gasteiger partial charge < -0.3 is 4.74 Å². The molecule has 0 aliphatic heterocycles. The highest BCUT2D eigenvalue weighted by Crippen LogP contribution is 2.27. The number of hydrogen-bond acceptors (Lipinski definition) is 3. The maximum Gasteiger partial charge on any atom is 0.349 e. The Morgan fingerprint density at radius 1 is 1.07 bits per heavy atom.